The Bertz CT molecular complexity index is 607. The minimum atomic E-state index is -3.72. The summed E-state index contributed by atoms with van der Waals surface area (Å²) in [5, 5.41) is 8.10. The Morgan fingerprint density at radius 1 is 1.29 bits per heavy atom. The molecule has 1 saturated carbocycles. The zero-order chi connectivity index (χ0) is 15.5. The predicted molar refractivity (Wildman–Crippen MR) is 80.9 cm³/mol. The van der Waals surface area contributed by atoms with E-state index in [-0.39, 0.29) is 22.8 Å². The van der Waals surface area contributed by atoms with Crippen molar-refractivity contribution in [2.45, 2.75) is 50.0 Å². The molecule has 21 heavy (non-hydrogen) atoms. The molecule has 116 valence electrons. The van der Waals surface area contributed by atoms with E-state index in [2.05, 4.69) is 5.32 Å². The van der Waals surface area contributed by atoms with E-state index >= 15 is 0 Å². The summed E-state index contributed by atoms with van der Waals surface area (Å²) in [6.45, 7) is 1.85. The highest BCUT2D eigenvalue weighted by Crippen LogP contribution is 2.25. The van der Waals surface area contributed by atoms with Crippen LogP contribution >= 0.6 is 0 Å². The van der Waals surface area contributed by atoms with Gasteiger partial charge in [0.1, 0.15) is 0 Å². The lowest BCUT2D eigenvalue weighted by atomic mass is 9.88. The van der Waals surface area contributed by atoms with E-state index in [0.717, 1.165) is 31.2 Å². The van der Waals surface area contributed by atoms with Crippen molar-refractivity contribution in [1.82, 2.24) is 5.32 Å². The minimum Gasteiger partial charge on any atom is -0.349 e. The number of benzene rings is 1. The van der Waals surface area contributed by atoms with Gasteiger partial charge in [0.2, 0.25) is 15.9 Å². The van der Waals surface area contributed by atoms with Crippen molar-refractivity contribution in [2.75, 3.05) is 0 Å². The zero-order valence-corrected chi connectivity index (χ0v) is 13.0. The van der Waals surface area contributed by atoms with Crippen LogP contribution in [0.2, 0.25) is 0 Å². The van der Waals surface area contributed by atoms with Gasteiger partial charge in [-0.15, -0.1) is 0 Å². The molecule has 0 radical (unpaired) electrons. The van der Waals surface area contributed by atoms with Gasteiger partial charge >= 0.3 is 0 Å². The van der Waals surface area contributed by atoms with Gasteiger partial charge in [-0.2, -0.15) is 0 Å². The topological polar surface area (TPSA) is 89.3 Å². The Morgan fingerprint density at radius 2 is 1.95 bits per heavy atom. The van der Waals surface area contributed by atoms with E-state index in [4.69, 9.17) is 5.14 Å². The van der Waals surface area contributed by atoms with Crippen LogP contribution in [0.5, 0.6) is 0 Å². The van der Waals surface area contributed by atoms with Gasteiger partial charge in [0.05, 0.1) is 10.9 Å². The number of amides is 1. The van der Waals surface area contributed by atoms with E-state index in [1.165, 1.54) is 18.6 Å². The van der Waals surface area contributed by atoms with Crippen molar-refractivity contribution in [3.05, 3.63) is 29.8 Å². The van der Waals surface area contributed by atoms with Crippen molar-refractivity contribution in [2.24, 2.45) is 11.1 Å². The normalized spacial score (nSPS) is 18.2. The molecule has 1 unspecified atom stereocenters. The van der Waals surface area contributed by atoms with Crippen molar-refractivity contribution in [3.63, 3.8) is 0 Å². The summed E-state index contributed by atoms with van der Waals surface area (Å²) >= 11 is 0. The fraction of sp³-hybridized carbons (Fsp3) is 0.533. The lowest BCUT2D eigenvalue weighted by molar-refractivity contribution is -0.126. The number of carbonyl (C=O) groups is 1. The zero-order valence-electron chi connectivity index (χ0n) is 12.2. The molecule has 2 rings (SSSR count). The SMILES string of the molecule is CC(NC(=O)C1CCCCC1)c1cccc(S(N)(=O)=O)c1. The molecule has 1 amide bonds. The number of hydrogen-bond donors (Lipinski definition) is 2. The van der Waals surface area contributed by atoms with Crippen LogP contribution in [-0.2, 0) is 14.8 Å². The number of carbonyl (C=O) groups excluding carboxylic acids is 1. The molecule has 0 spiro atoms. The first-order valence-electron chi connectivity index (χ1n) is 7.31. The van der Waals surface area contributed by atoms with Crippen LogP contribution < -0.4 is 10.5 Å². The van der Waals surface area contributed by atoms with Crippen molar-refractivity contribution < 1.29 is 13.2 Å². The summed E-state index contributed by atoms with van der Waals surface area (Å²) in [7, 11) is -3.72. The minimum absolute atomic E-state index is 0.0585. The van der Waals surface area contributed by atoms with Gasteiger partial charge in [-0.3, -0.25) is 4.79 Å². The maximum atomic E-state index is 12.2. The summed E-state index contributed by atoms with van der Waals surface area (Å²) < 4.78 is 22.7. The van der Waals surface area contributed by atoms with Gasteiger partial charge in [-0.05, 0) is 37.5 Å². The Labute approximate surface area is 126 Å². The third-order valence-corrected chi connectivity index (χ3v) is 4.93. The molecule has 1 aromatic rings. The lowest BCUT2D eigenvalue weighted by Gasteiger charge is -2.23. The maximum absolute atomic E-state index is 12.2. The second-order valence-electron chi connectivity index (χ2n) is 5.68. The Morgan fingerprint density at radius 3 is 2.57 bits per heavy atom. The average Bonchev–Trinajstić information content (AvgIpc) is 2.47. The van der Waals surface area contributed by atoms with Gasteiger partial charge in [-0.25, -0.2) is 13.6 Å². The number of sulfonamides is 1. The van der Waals surface area contributed by atoms with Crippen LogP contribution in [0.15, 0.2) is 29.2 Å². The Balaban J connectivity index is 2.06. The summed E-state index contributed by atoms with van der Waals surface area (Å²) in [4.78, 5) is 12.3. The highest BCUT2D eigenvalue weighted by molar-refractivity contribution is 7.89. The summed E-state index contributed by atoms with van der Waals surface area (Å²) in [6.07, 6.45) is 5.29. The third kappa shape index (κ3) is 4.28. The molecule has 5 nitrogen and oxygen atoms in total. The van der Waals surface area contributed by atoms with Gasteiger partial charge in [0.25, 0.3) is 0 Å². The molecule has 0 saturated heterocycles. The lowest BCUT2D eigenvalue weighted by Crippen LogP contribution is -2.33. The van der Waals surface area contributed by atoms with Gasteiger partial charge in [0.15, 0.2) is 0 Å². The van der Waals surface area contributed by atoms with Crippen LogP contribution in [0.1, 0.15) is 50.6 Å². The quantitative estimate of drug-likeness (QED) is 0.892. The molecule has 0 heterocycles. The summed E-state index contributed by atoms with van der Waals surface area (Å²) in [5.74, 6) is 0.144. The Kier molecular flexibility index (Phi) is 5.00. The smallest absolute Gasteiger partial charge is 0.238 e. The van der Waals surface area contributed by atoms with Crippen molar-refractivity contribution in [3.8, 4) is 0 Å². The highest BCUT2D eigenvalue weighted by Gasteiger charge is 2.22. The van der Waals surface area contributed by atoms with E-state index in [9.17, 15) is 13.2 Å². The number of primary sulfonamides is 1. The molecule has 6 heteroatoms. The van der Waals surface area contributed by atoms with Gasteiger partial charge in [-0.1, -0.05) is 31.4 Å². The second kappa shape index (κ2) is 6.58. The van der Waals surface area contributed by atoms with E-state index in [1.807, 2.05) is 6.92 Å². The molecular weight excluding hydrogens is 288 g/mol. The van der Waals surface area contributed by atoms with Crippen LogP contribution in [-0.4, -0.2) is 14.3 Å². The van der Waals surface area contributed by atoms with Gasteiger partial charge < -0.3 is 5.32 Å². The molecule has 0 aromatic heterocycles. The highest BCUT2D eigenvalue weighted by atomic mass is 32.2. The maximum Gasteiger partial charge on any atom is 0.238 e. The predicted octanol–water partition coefficient (Wildman–Crippen LogP) is 2.09. The first-order valence-corrected chi connectivity index (χ1v) is 8.85. The molecule has 0 aliphatic heterocycles. The Hall–Kier alpha value is -1.40. The number of rotatable bonds is 4. The van der Waals surface area contributed by atoms with E-state index in [0.29, 0.717) is 0 Å². The van der Waals surface area contributed by atoms with Crippen LogP contribution in [0.25, 0.3) is 0 Å². The van der Waals surface area contributed by atoms with Crippen LogP contribution in [0.3, 0.4) is 0 Å². The molecule has 1 fully saturated rings. The summed E-state index contributed by atoms with van der Waals surface area (Å²) in [6, 6.07) is 6.16. The fourth-order valence-corrected chi connectivity index (χ4v) is 3.31. The average molecular weight is 310 g/mol. The molecular formula is C15H22N2O3S. The monoisotopic (exact) mass is 310 g/mol. The first kappa shape index (κ1) is 16.0. The number of hydrogen-bond acceptors (Lipinski definition) is 3. The molecule has 1 aliphatic rings. The van der Waals surface area contributed by atoms with Gasteiger partial charge in [0, 0.05) is 5.92 Å². The number of nitrogens with one attached hydrogen (secondary N) is 1. The van der Waals surface area contributed by atoms with Crippen molar-refractivity contribution >= 4 is 15.9 Å². The fourth-order valence-electron chi connectivity index (χ4n) is 2.74. The van der Waals surface area contributed by atoms with E-state index < -0.39 is 10.0 Å². The van der Waals surface area contributed by atoms with Crippen molar-refractivity contribution in [1.29, 1.82) is 0 Å². The van der Waals surface area contributed by atoms with Crippen LogP contribution in [0.4, 0.5) is 0 Å². The summed E-state index contributed by atoms with van der Waals surface area (Å²) in [5.41, 5.74) is 0.741. The van der Waals surface area contributed by atoms with Crippen LogP contribution in [0, 0.1) is 5.92 Å². The second-order valence-corrected chi connectivity index (χ2v) is 7.24. The molecule has 1 atom stereocenters. The molecule has 3 N–H and O–H groups in total. The standard InChI is InChI=1S/C15H22N2O3S/c1-11(17-15(18)12-6-3-2-4-7-12)13-8-5-9-14(10-13)21(16,19)20/h5,8-12H,2-4,6-7H2,1H3,(H,17,18)(H2,16,19,20). The largest absolute Gasteiger partial charge is 0.349 e. The molecule has 0 bridgehead atoms. The third-order valence-electron chi connectivity index (χ3n) is 4.02. The molecule has 1 aromatic carbocycles. The first-order chi connectivity index (χ1) is 9.88. The molecule has 1 aliphatic carbocycles. The van der Waals surface area contributed by atoms with E-state index in [1.54, 1.807) is 12.1 Å². The number of nitrogens with two attached hydrogens (primary N) is 1.